The SMILES string of the molecule is COC(=O)N[C@H](C(=O)N1C2CCCC2C[C@H]1c1ncc(-c2ccc3c(c2)-c2ccc(-c4cnc([C@@H]5C[C@@H]6CCC[C@@H]6N5C(=O)[C@@H](NC(=O)OC)[C@@H](C)O)[nH]4)cc2-3)[nH]1)[C@@H](C)O. The van der Waals surface area contributed by atoms with Crippen molar-refractivity contribution in [1.82, 2.24) is 40.4 Å². The number of fused-ring (bicyclic) bond motifs is 6. The number of carbonyl (C=O) groups is 4. The first-order valence-electron chi connectivity index (χ1n) is 21.0. The van der Waals surface area contributed by atoms with Crippen molar-refractivity contribution < 1.29 is 38.9 Å². The number of methoxy groups -OCH3 is 2. The smallest absolute Gasteiger partial charge is 0.407 e. The molecule has 2 saturated heterocycles. The molecule has 3 aliphatic carbocycles. The number of ether oxygens (including phenoxy) is 2. The van der Waals surface area contributed by atoms with E-state index < -0.39 is 36.5 Å². The fraction of sp³-hybridized carbons (Fsp3) is 0.500. The number of imidazole rings is 2. The van der Waals surface area contributed by atoms with Crippen molar-refractivity contribution in [2.75, 3.05) is 14.2 Å². The van der Waals surface area contributed by atoms with Gasteiger partial charge in [-0.2, -0.15) is 0 Å². The molecule has 9 rings (SSSR count). The van der Waals surface area contributed by atoms with E-state index in [1.807, 2.05) is 9.80 Å². The summed E-state index contributed by atoms with van der Waals surface area (Å²) in [5, 5.41) is 26.1. The normalized spacial score (nSPS) is 25.6. The third-order valence-electron chi connectivity index (χ3n) is 13.7. The number of hydrogen-bond acceptors (Lipinski definition) is 10. The summed E-state index contributed by atoms with van der Waals surface area (Å²) >= 11 is 0. The molecule has 16 nitrogen and oxygen atoms in total. The van der Waals surface area contributed by atoms with Gasteiger partial charge in [0.1, 0.15) is 23.7 Å². The van der Waals surface area contributed by atoms with E-state index in [1.54, 1.807) is 12.4 Å². The van der Waals surface area contributed by atoms with Crippen LogP contribution in [0.5, 0.6) is 0 Å². The molecule has 2 aromatic heterocycles. The number of rotatable bonds is 10. The second-order valence-corrected chi connectivity index (χ2v) is 17.1. The Morgan fingerprint density at radius 2 is 1.08 bits per heavy atom. The van der Waals surface area contributed by atoms with Gasteiger partial charge in [-0.15, -0.1) is 0 Å². The molecule has 4 aromatic rings. The maximum atomic E-state index is 14.0. The number of carbonyl (C=O) groups excluding carboxylic acids is 4. The van der Waals surface area contributed by atoms with E-state index in [4.69, 9.17) is 19.4 Å². The Bertz CT molecular complexity index is 2150. The number of hydrogen-bond donors (Lipinski definition) is 6. The summed E-state index contributed by atoms with van der Waals surface area (Å²) < 4.78 is 9.49. The molecule has 2 unspecified atom stereocenters. The molecule has 0 spiro atoms. The number of aromatic amines is 2. The lowest BCUT2D eigenvalue weighted by molar-refractivity contribution is -0.140. The summed E-state index contributed by atoms with van der Waals surface area (Å²) in [4.78, 5) is 72.4. The van der Waals surface area contributed by atoms with Crippen LogP contribution in [0.1, 0.15) is 88.9 Å². The van der Waals surface area contributed by atoms with E-state index in [0.29, 0.717) is 23.5 Å². The van der Waals surface area contributed by atoms with Crippen LogP contribution in [0.4, 0.5) is 9.59 Å². The molecule has 2 saturated carbocycles. The average Bonchev–Trinajstić information content (AvgIpc) is 4.09. The average molecular weight is 821 g/mol. The third-order valence-corrected chi connectivity index (χ3v) is 13.7. The molecular weight excluding hydrogens is 769 g/mol. The standard InChI is InChI=1S/C44H52N8O8/c1-21(53)37(49-43(57)59-3)41(55)51-33-9-5-7-25(33)17-35(51)39-45-19-31(47-39)23-11-13-27-29(15-23)28-14-12-24(16-30(27)28)32-20-46-40(48-32)36-18-26-8-6-10-34(26)52(36)42(56)38(22(2)54)50-44(58)60-4/h11-16,19-22,25-26,33-38,53-54H,5-10,17-18H2,1-4H3,(H,45,47)(H,46,48)(H,49,57)(H,50,58)/t21-,22-,25+,26?,33+,34?,35+,36+,37+,38+/m1/s1. The lowest BCUT2D eigenvalue weighted by Crippen LogP contribution is -2.55. The topological polar surface area (TPSA) is 215 Å². The molecule has 5 aliphatic rings. The highest BCUT2D eigenvalue weighted by atomic mass is 16.5. The van der Waals surface area contributed by atoms with Gasteiger partial charge >= 0.3 is 12.2 Å². The minimum Gasteiger partial charge on any atom is -0.453 e. The maximum Gasteiger partial charge on any atom is 0.407 e. The highest BCUT2D eigenvalue weighted by Crippen LogP contribution is 2.51. The number of H-pyrrole nitrogens is 2. The van der Waals surface area contributed by atoms with Crippen LogP contribution < -0.4 is 10.6 Å². The van der Waals surface area contributed by atoms with Gasteiger partial charge in [-0.25, -0.2) is 19.6 Å². The van der Waals surface area contributed by atoms with Crippen molar-refractivity contribution in [2.24, 2.45) is 11.8 Å². The zero-order valence-corrected chi connectivity index (χ0v) is 34.2. The highest BCUT2D eigenvalue weighted by Gasteiger charge is 2.51. The first-order valence-corrected chi connectivity index (χ1v) is 21.0. The van der Waals surface area contributed by atoms with Crippen molar-refractivity contribution >= 4 is 24.0 Å². The van der Waals surface area contributed by atoms with Crippen LogP contribution >= 0.6 is 0 Å². The van der Waals surface area contributed by atoms with Crippen LogP contribution in [0.2, 0.25) is 0 Å². The molecule has 2 aromatic carbocycles. The van der Waals surface area contributed by atoms with E-state index in [2.05, 4.69) is 57.0 Å². The number of alkyl carbamates (subject to hydrolysis) is 2. The number of benzene rings is 2. The number of likely N-dealkylation sites (tertiary alicyclic amines) is 2. The van der Waals surface area contributed by atoms with Crippen molar-refractivity contribution in [3.63, 3.8) is 0 Å². The summed E-state index contributed by atoms with van der Waals surface area (Å²) in [6.07, 6.45) is 7.13. The summed E-state index contributed by atoms with van der Waals surface area (Å²) in [5.41, 5.74) is 8.08. The van der Waals surface area contributed by atoms with Gasteiger partial charge in [0.15, 0.2) is 0 Å². The largest absolute Gasteiger partial charge is 0.453 e. The Hall–Kier alpha value is -5.74. The van der Waals surface area contributed by atoms with Crippen LogP contribution in [0, 0.1) is 11.8 Å². The van der Waals surface area contributed by atoms with Gasteiger partial charge in [-0.3, -0.25) is 9.59 Å². The lowest BCUT2D eigenvalue weighted by atomic mass is 9.78. The van der Waals surface area contributed by atoms with Crippen LogP contribution in [0.25, 0.3) is 44.8 Å². The van der Waals surface area contributed by atoms with Crippen LogP contribution in [-0.2, 0) is 19.1 Å². The van der Waals surface area contributed by atoms with E-state index in [-0.39, 0.29) is 36.0 Å². The number of nitrogens with one attached hydrogen (secondary N) is 4. The lowest BCUT2D eigenvalue weighted by Gasteiger charge is -2.33. The van der Waals surface area contributed by atoms with E-state index in [9.17, 15) is 29.4 Å². The minimum atomic E-state index is -1.14. The molecule has 2 aliphatic heterocycles. The molecule has 4 heterocycles. The zero-order valence-electron chi connectivity index (χ0n) is 34.2. The van der Waals surface area contributed by atoms with Gasteiger partial charge in [-0.1, -0.05) is 37.1 Å². The molecule has 316 valence electrons. The molecule has 4 amide bonds. The molecule has 60 heavy (non-hydrogen) atoms. The van der Waals surface area contributed by atoms with E-state index in [0.717, 1.165) is 96.1 Å². The molecule has 16 heteroatoms. The van der Waals surface area contributed by atoms with Crippen LogP contribution in [0.3, 0.4) is 0 Å². The predicted molar refractivity (Wildman–Crippen MR) is 219 cm³/mol. The number of nitrogens with zero attached hydrogens (tertiary/aromatic N) is 4. The Morgan fingerprint density at radius 3 is 1.47 bits per heavy atom. The minimum absolute atomic E-state index is 0.00894. The zero-order chi connectivity index (χ0) is 42.0. The molecular formula is C44H52N8O8. The summed E-state index contributed by atoms with van der Waals surface area (Å²) in [7, 11) is 2.45. The quantitative estimate of drug-likeness (QED) is 0.108. The molecule has 10 atom stereocenters. The first kappa shape index (κ1) is 39.7. The number of aliphatic hydroxyl groups excluding tert-OH is 2. The number of aliphatic hydroxyl groups is 2. The summed E-state index contributed by atoms with van der Waals surface area (Å²) in [5.74, 6) is 1.30. The molecule has 6 N–H and O–H groups in total. The molecule has 4 fully saturated rings. The fourth-order valence-corrected chi connectivity index (χ4v) is 10.8. The third kappa shape index (κ3) is 6.79. The Kier molecular flexibility index (Phi) is 10.4. The summed E-state index contributed by atoms with van der Waals surface area (Å²) in [6, 6.07) is 9.74. The van der Waals surface area contributed by atoms with E-state index in [1.165, 1.54) is 28.1 Å². The Balaban J connectivity index is 0.925. The second-order valence-electron chi connectivity index (χ2n) is 17.1. The molecule has 0 bridgehead atoms. The molecule has 0 radical (unpaired) electrons. The number of amides is 4. The fourth-order valence-electron chi connectivity index (χ4n) is 10.8. The van der Waals surface area contributed by atoms with Gasteiger partial charge in [0.2, 0.25) is 11.8 Å². The number of aromatic nitrogens is 4. The predicted octanol–water partition coefficient (Wildman–Crippen LogP) is 5.21. The monoisotopic (exact) mass is 820 g/mol. The Morgan fingerprint density at radius 1 is 0.667 bits per heavy atom. The van der Waals surface area contributed by atoms with Gasteiger partial charge in [-0.05, 0) is 98.6 Å². The second kappa shape index (κ2) is 15.7. The van der Waals surface area contributed by atoms with Crippen molar-refractivity contribution in [2.45, 2.75) is 114 Å². The Labute approximate surface area is 347 Å². The van der Waals surface area contributed by atoms with Crippen molar-refractivity contribution in [1.29, 1.82) is 0 Å². The van der Waals surface area contributed by atoms with Crippen molar-refractivity contribution in [3.8, 4) is 44.8 Å². The first-order chi connectivity index (χ1) is 28.9. The van der Waals surface area contributed by atoms with Gasteiger partial charge in [0, 0.05) is 23.2 Å². The van der Waals surface area contributed by atoms with Crippen LogP contribution in [0.15, 0.2) is 48.8 Å². The maximum absolute atomic E-state index is 14.0. The van der Waals surface area contributed by atoms with Crippen molar-refractivity contribution in [3.05, 3.63) is 60.4 Å². The van der Waals surface area contributed by atoms with Gasteiger partial charge in [0.25, 0.3) is 0 Å². The summed E-state index contributed by atoms with van der Waals surface area (Å²) in [6.45, 7) is 2.98. The van der Waals surface area contributed by atoms with Crippen LogP contribution in [-0.4, -0.2) is 115 Å². The van der Waals surface area contributed by atoms with E-state index >= 15 is 0 Å². The van der Waals surface area contributed by atoms with Gasteiger partial charge in [0.05, 0.1) is 62.3 Å². The highest BCUT2D eigenvalue weighted by molar-refractivity contribution is 6.04. The van der Waals surface area contributed by atoms with Gasteiger partial charge < -0.3 is 50.1 Å².